The van der Waals surface area contributed by atoms with E-state index in [2.05, 4.69) is 294 Å². The summed E-state index contributed by atoms with van der Waals surface area (Å²) < 4.78 is 7.37. The fraction of sp³-hybridized carbons (Fsp3) is 0.0423. The third-order valence-electron chi connectivity index (χ3n) is 14.6. The lowest BCUT2D eigenvalue weighted by Gasteiger charge is -2.27. The van der Waals surface area contributed by atoms with Gasteiger partial charge in [-0.25, -0.2) is 0 Å². The van der Waals surface area contributed by atoms with Crippen molar-refractivity contribution in [2.75, 3.05) is 4.90 Å². The zero-order valence-corrected chi connectivity index (χ0v) is 42.8. The first-order chi connectivity index (χ1) is 37.1. The van der Waals surface area contributed by atoms with E-state index in [1.807, 2.05) is 18.3 Å². The number of thiophene rings is 1. The molecule has 0 aliphatic heterocycles. The maximum Gasteiger partial charge on any atom is 0.0561 e. The minimum Gasteiger partial charge on any atom is -0.310 e. The van der Waals surface area contributed by atoms with Crippen molar-refractivity contribution in [2.24, 2.45) is 0 Å². The van der Waals surface area contributed by atoms with Gasteiger partial charge in [0.2, 0.25) is 0 Å². The van der Waals surface area contributed by atoms with Gasteiger partial charge in [0.1, 0.15) is 0 Å². The molecule has 0 spiro atoms. The molecule has 0 aliphatic rings. The average Bonchev–Trinajstić information content (AvgIpc) is 4.20. The van der Waals surface area contributed by atoms with Gasteiger partial charge in [-0.15, -0.1) is 11.3 Å². The highest BCUT2D eigenvalue weighted by molar-refractivity contribution is 7.26. The van der Waals surface area contributed by atoms with Crippen molar-refractivity contribution < 1.29 is 0 Å². The van der Waals surface area contributed by atoms with Crippen LogP contribution in [0.3, 0.4) is 0 Å². The van der Waals surface area contributed by atoms with Gasteiger partial charge in [0.25, 0.3) is 0 Å². The van der Waals surface area contributed by atoms with Gasteiger partial charge in [0, 0.05) is 64.5 Å². The molecule has 0 unspecified atom stereocenters. The molecule has 0 aliphatic carbocycles. The molecule has 0 saturated heterocycles. The van der Waals surface area contributed by atoms with E-state index in [0.29, 0.717) is 0 Å². The average molecular weight is 980 g/mol. The Morgan fingerprint density at radius 3 is 1.48 bits per heavy atom. The van der Waals surface area contributed by atoms with Gasteiger partial charge in [-0.2, -0.15) is 0 Å². The van der Waals surface area contributed by atoms with Crippen molar-refractivity contribution in [2.45, 2.75) is 20.3 Å². The quantitative estimate of drug-likeness (QED) is 0.131. The summed E-state index contributed by atoms with van der Waals surface area (Å²) in [5.74, 6) is 0. The van der Waals surface area contributed by atoms with E-state index in [9.17, 15) is 0 Å². The molecular weight excluding hydrogens is 927 g/mol. The molecule has 0 atom stereocenters. The predicted molar refractivity (Wildman–Crippen MR) is 324 cm³/mol. The lowest BCUT2D eigenvalue weighted by molar-refractivity contribution is 1.18. The van der Waals surface area contributed by atoms with Crippen molar-refractivity contribution in [1.82, 2.24) is 9.13 Å². The van der Waals surface area contributed by atoms with Gasteiger partial charge in [0.05, 0.1) is 27.8 Å². The van der Waals surface area contributed by atoms with Crippen LogP contribution in [-0.2, 0) is 0 Å². The molecule has 14 rings (SSSR count). The van der Waals surface area contributed by atoms with E-state index in [0.717, 1.165) is 34.9 Å². The van der Waals surface area contributed by atoms with Crippen LogP contribution >= 0.6 is 11.3 Å². The molecule has 0 bridgehead atoms. The summed E-state index contributed by atoms with van der Waals surface area (Å²) in [4.78, 5) is 2.47. The van der Waals surface area contributed by atoms with Crippen molar-refractivity contribution in [3.8, 4) is 44.8 Å². The normalized spacial score (nSPS) is 11.6. The third kappa shape index (κ3) is 8.17. The fourth-order valence-electron chi connectivity index (χ4n) is 11.1. The number of benzene rings is 11. The van der Waals surface area contributed by atoms with Crippen LogP contribution in [0.2, 0.25) is 0 Å². The monoisotopic (exact) mass is 979 g/mol. The van der Waals surface area contributed by atoms with E-state index in [1.165, 1.54) is 97.2 Å². The minimum absolute atomic E-state index is 1.10. The Hall–Kier alpha value is -9.22. The Labute approximate surface area is 441 Å². The highest BCUT2D eigenvalue weighted by Crippen LogP contribution is 2.49. The topological polar surface area (TPSA) is 13.1 Å². The molecule has 0 amide bonds. The summed E-state index contributed by atoms with van der Waals surface area (Å²) in [5.41, 5.74) is 17.6. The molecule has 3 aromatic heterocycles. The lowest BCUT2D eigenvalue weighted by atomic mass is 10.00. The zero-order chi connectivity index (χ0) is 50.2. The molecule has 358 valence electrons. The summed E-state index contributed by atoms with van der Waals surface area (Å²) >= 11 is 1.88. The Morgan fingerprint density at radius 2 is 0.867 bits per heavy atom. The molecule has 0 radical (unpaired) electrons. The van der Waals surface area contributed by atoms with Crippen molar-refractivity contribution in [1.29, 1.82) is 0 Å². The predicted octanol–water partition coefficient (Wildman–Crippen LogP) is 20.7. The first-order valence-electron chi connectivity index (χ1n) is 25.9. The lowest BCUT2D eigenvalue weighted by Crippen LogP contribution is -2.10. The highest BCUT2D eigenvalue weighted by Gasteiger charge is 2.23. The van der Waals surface area contributed by atoms with Crippen LogP contribution in [0, 0.1) is 0 Å². The molecule has 11 aromatic carbocycles. The van der Waals surface area contributed by atoms with E-state index in [1.54, 1.807) is 0 Å². The Morgan fingerprint density at radius 1 is 0.387 bits per heavy atom. The molecule has 75 heavy (non-hydrogen) atoms. The number of allylic oxidation sites excluding steroid dienone is 2. The maximum absolute atomic E-state index is 2.47. The number of hydrogen-bond donors (Lipinski definition) is 0. The standard InChI is InChI=1S/C66H43N3S.C5H10/c1-4-16-44(17-5-1)46-30-35-50(36-31-46)67(52-39-41-57-55-23-11-12-26-59(55)68(63(57)43-52)49-20-8-3-9-21-49)61-28-15-29-64-65(61)58-25-14-24-53(66(58)70-64)48-34-40-56-54-22-10-13-27-60(54)69(62(56)42-48)51-37-32-47(33-38-51)45-18-6-2-7-19-45;1-3-5-4-2/h1-43H;3,5H,4H2,1-2H3/b;5-3-. The van der Waals surface area contributed by atoms with Crippen molar-refractivity contribution in [3.05, 3.63) is 273 Å². The van der Waals surface area contributed by atoms with Crippen LogP contribution in [0.5, 0.6) is 0 Å². The summed E-state index contributed by atoms with van der Waals surface area (Å²) in [7, 11) is 0. The Kier molecular flexibility index (Phi) is 12.0. The van der Waals surface area contributed by atoms with Crippen LogP contribution < -0.4 is 4.90 Å². The molecular formula is C71H53N3S. The van der Waals surface area contributed by atoms with Gasteiger partial charge in [0.15, 0.2) is 0 Å². The van der Waals surface area contributed by atoms with Crippen LogP contribution in [-0.4, -0.2) is 9.13 Å². The molecule has 3 nitrogen and oxygen atoms in total. The Bertz CT molecular complexity index is 4370. The molecule has 0 fully saturated rings. The number of aromatic nitrogens is 2. The van der Waals surface area contributed by atoms with Crippen LogP contribution in [0.15, 0.2) is 273 Å². The van der Waals surface area contributed by atoms with Crippen molar-refractivity contribution in [3.63, 3.8) is 0 Å². The second kappa shape index (κ2) is 19.7. The zero-order valence-electron chi connectivity index (χ0n) is 41.9. The molecule has 14 aromatic rings. The number of fused-ring (bicyclic) bond motifs is 9. The van der Waals surface area contributed by atoms with E-state index >= 15 is 0 Å². The van der Waals surface area contributed by atoms with Gasteiger partial charge >= 0.3 is 0 Å². The second-order valence-electron chi connectivity index (χ2n) is 19.0. The third-order valence-corrected chi connectivity index (χ3v) is 15.8. The van der Waals surface area contributed by atoms with Gasteiger partial charge in [-0.3, -0.25) is 0 Å². The molecule has 3 heterocycles. The second-order valence-corrected chi connectivity index (χ2v) is 20.1. The van der Waals surface area contributed by atoms with E-state index in [-0.39, 0.29) is 0 Å². The number of nitrogens with zero attached hydrogens (tertiary/aromatic N) is 3. The minimum atomic E-state index is 1.10. The number of anilines is 3. The number of para-hydroxylation sites is 3. The molecule has 0 saturated carbocycles. The summed E-state index contributed by atoms with van der Waals surface area (Å²) in [5, 5.41) is 7.45. The first-order valence-corrected chi connectivity index (χ1v) is 26.8. The van der Waals surface area contributed by atoms with Gasteiger partial charge in [-0.05, 0) is 126 Å². The smallest absolute Gasteiger partial charge is 0.0561 e. The fourth-order valence-corrected chi connectivity index (χ4v) is 12.4. The molecule has 4 heteroatoms. The van der Waals surface area contributed by atoms with Crippen molar-refractivity contribution >= 4 is 92.2 Å². The summed E-state index contributed by atoms with van der Waals surface area (Å²) in [6.07, 6.45) is 5.34. The highest BCUT2D eigenvalue weighted by atomic mass is 32.1. The first kappa shape index (κ1) is 45.6. The molecule has 0 N–H and O–H groups in total. The summed E-state index contributed by atoms with van der Waals surface area (Å²) in [6.45, 7) is 4.16. The van der Waals surface area contributed by atoms with Crippen LogP contribution in [0.4, 0.5) is 17.1 Å². The SMILES string of the molecule is C/C=C\CC.c1ccc(-c2ccc(N(c3ccc4c5ccccc5n(-c5ccccc5)c4c3)c3cccc4sc5c(-c6ccc7c8ccccc8n(-c8ccc(-c9ccccc9)cc8)c7c6)cccc5c34)cc2)cc1. The maximum atomic E-state index is 2.47. The van der Waals surface area contributed by atoms with Gasteiger partial charge in [-0.1, -0.05) is 201 Å². The number of hydrogen-bond acceptors (Lipinski definition) is 2. The summed E-state index contributed by atoms with van der Waals surface area (Å²) in [6, 6.07) is 95.4. The Balaban J connectivity index is 0.00000104. The van der Waals surface area contributed by atoms with Crippen LogP contribution in [0.25, 0.3) is 109 Å². The largest absolute Gasteiger partial charge is 0.310 e. The van der Waals surface area contributed by atoms with Crippen LogP contribution in [0.1, 0.15) is 20.3 Å². The van der Waals surface area contributed by atoms with E-state index in [4.69, 9.17) is 0 Å². The van der Waals surface area contributed by atoms with E-state index < -0.39 is 0 Å². The van der Waals surface area contributed by atoms with Gasteiger partial charge < -0.3 is 14.0 Å². The number of rotatable bonds is 9.